The van der Waals surface area contributed by atoms with E-state index in [1.807, 2.05) is 0 Å². The minimum absolute atomic E-state index is 0.328. The molecule has 1 saturated carbocycles. The summed E-state index contributed by atoms with van der Waals surface area (Å²) < 4.78 is 0. The third-order valence-electron chi connectivity index (χ3n) is 4.86. The highest BCUT2D eigenvalue weighted by atomic mass is 15.3. The minimum atomic E-state index is 0.328. The molecule has 1 aliphatic heterocycles. The molecule has 0 amide bonds. The number of rotatable bonds is 0. The van der Waals surface area contributed by atoms with Crippen molar-refractivity contribution in [1.29, 1.82) is 0 Å². The Morgan fingerprint density at radius 1 is 0.882 bits per heavy atom. The van der Waals surface area contributed by atoms with E-state index < -0.39 is 0 Å². The molecule has 0 N–H and O–H groups in total. The topological polar surface area (TPSA) is 3.24 Å². The van der Waals surface area contributed by atoms with Crippen LogP contribution in [0.15, 0.2) is 0 Å². The molecule has 1 heteroatoms. The molecule has 1 nitrogen and oxygen atoms in total. The predicted molar refractivity (Wildman–Crippen MR) is 75.2 cm³/mol. The van der Waals surface area contributed by atoms with Gasteiger partial charge in [0.25, 0.3) is 0 Å². The van der Waals surface area contributed by atoms with Crippen molar-refractivity contribution in [2.45, 2.75) is 91.3 Å². The average Bonchev–Trinajstić information content (AvgIpc) is 2.54. The molecule has 0 aromatic heterocycles. The van der Waals surface area contributed by atoms with Gasteiger partial charge in [-0.2, -0.15) is 0 Å². The lowest BCUT2D eigenvalue weighted by atomic mass is 9.80. The molecule has 1 heterocycles. The zero-order valence-electron chi connectivity index (χ0n) is 12.7. The van der Waals surface area contributed by atoms with Crippen molar-refractivity contribution in [2.75, 3.05) is 0 Å². The summed E-state index contributed by atoms with van der Waals surface area (Å²) >= 11 is 0. The van der Waals surface area contributed by atoms with Gasteiger partial charge < -0.3 is 0 Å². The molecular formula is C16H31N. The Labute approximate surface area is 108 Å². The normalized spacial score (nSPS) is 36.0. The highest BCUT2D eigenvalue weighted by Crippen LogP contribution is 2.48. The van der Waals surface area contributed by atoms with E-state index in [0.717, 1.165) is 18.0 Å². The lowest BCUT2D eigenvalue weighted by Crippen LogP contribution is -2.53. The molecule has 1 saturated heterocycles. The lowest BCUT2D eigenvalue weighted by molar-refractivity contribution is 0.0140. The van der Waals surface area contributed by atoms with Crippen LogP contribution in [0.1, 0.15) is 73.6 Å². The largest absolute Gasteiger partial charge is 0.292 e. The van der Waals surface area contributed by atoms with Gasteiger partial charge >= 0.3 is 0 Å². The SMILES string of the molecule is CC(C)(C)C1CC2CCCCC2N1C(C)(C)C. The quantitative estimate of drug-likeness (QED) is 0.601. The summed E-state index contributed by atoms with van der Waals surface area (Å²) in [5.74, 6) is 0.979. The van der Waals surface area contributed by atoms with E-state index in [1.54, 1.807) is 0 Å². The first-order chi connectivity index (χ1) is 7.71. The Balaban J connectivity index is 2.27. The molecule has 2 fully saturated rings. The molecule has 0 spiro atoms. The summed E-state index contributed by atoms with van der Waals surface area (Å²) in [6.45, 7) is 14.5. The summed E-state index contributed by atoms with van der Waals surface area (Å²) in [7, 11) is 0. The summed E-state index contributed by atoms with van der Waals surface area (Å²) in [5, 5.41) is 0. The third kappa shape index (κ3) is 2.54. The van der Waals surface area contributed by atoms with Gasteiger partial charge in [-0.05, 0) is 51.4 Å². The first kappa shape index (κ1) is 13.4. The van der Waals surface area contributed by atoms with Crippen molar-refractivity contribution in [1.82, 2.24) is 4.90 Å². The molecule has 3 atom stereocenters. The summed E-state index contributed by atoms with van der Waals surface area (Å²) in [6, 6.07) is 1.64. The average molecular weight is 237 g/mol. The van der Waals surface area contributed by atoms with Crippen molar-refractivity contribution in [2.24, 2.45) is 11.3 Å². The highest BCUT2D eigenvalue weighted by molar-refractivity contribution is 5.03. The number of hydrogen-bond acceptors (Lipinski definition) is 1. The molecule has 0 bridgehead atoms. The first-order valence-corrected chi connectivity index (χ1v) is 7.50. The van der Waals surface area contributed by atoms with Gasteiger partial charge in [0.05, 0.1) is 0 Å². The number of likely N-dealkylation sites (tertiary alicyclic amines) is 1. The molecule has 17 heavy (non-hydrogen) atoms. The van der Waals surface area contributed by atoms with E-state index >= 15 is 0 Å². The maximum atomic E-state index is 2.87. The fraction of sp³-hybridized carbons (Fsp3) is 1.00. The molecule has 2 aliphatic rings. The Kier molecular flexibility index (Phi) is 3.36. The first-order valence-electron chi connectivity index (χ1n) is 7.50. The molecule has 3 unspecified atom stereocenters. The molecule has 0 aromatic rings. The number of hydrogen-bond donors (Lipinski definition) is 0. The molecule has 2 rings (SSSR count). The number of nitrogens with zero attached hydrogens (tertiary/aromatic N) is 1. The van der Waals surface area contributed by atoms with Crippen LogP contribution in [0, 0.1) is 11.3 Å². The van der Waals surface area contributed by atoms with Crippen molar-refractivity contribution >= 4 is 0 Å². The van der Waals surface area contributed by atoms with Crippen LogP contribution < -0.4 is 0 Å². The molecule has 1 aliphatic carbocycles. The van der Waals surface area contributed by atoms with Crippen LogP contribution in [-0.4, -0.2) is 22.5 Å². The van der Waals surface area contributed by atoms with Crippen LogP contribution >= 0.6 is 0 Å². The second-order valence-electron chi connectivity index (χ2n) is 8.31. The second-order valence-corrected chi connectivity index (χ2v) is 8.31. The van der Waals surface area contributed by atoms with E-state index in [1.165, 1.54) is 32.1 Å². The summed E-state index contributed by atoms with van der Waals surface area (Å²) in [4.78, 5) is 2.87. The van der Waals surface area contributed by atoms with Gasteiger partial charge in [-0.1, -0.05) is 33.6 Å². The van der Waals surface area contributed by atoms with Crippen LogP contribution in [0.4, 0.5) is 0 Å². The van der Waals surface area contributed by atoms with Crippen LogP contribution in [0.25, 0.3) is 0 Å². The van der Waals surface area contributed by atoms with E-state index in [2.05, 4.69) is 46.4 Å². The highest BCUT2D eigenvalue weighted by Gasteiger charge is 2.49. The summed E-state index contributed by atoms with van der Waals surface area (Å²) in [5.41, 5.74) is 0.749. The van der Waals surface area contributed by atoms with Crippen molar-refractivity contribution in [3.05, 3.63) is 0 Å². The second kappa shape index (κ2) is 4.26. The van der Waals surface area contributed by atoms with Gasteiger partial charge in [0.1, 0.15) is 0 Å². The van der Waals surface area contributed by atoms with Crippen LogP contribution in [0.3, 0.4) is 0 Å². The van der Waals surface area contributed by atoms with E-state index in [-0.39, 0.29) is 0 Å². The van der Waals surface area contributed by atoms with Crippen LogP contribution in [0.2, 0.25) is 0 Å². The van der Waals surface area contributed by atoms with E-state index in [4.69, 9.17) is 0 Å². The molecular weight excluding hydrogens is 206 g/mol. The molecule has 0 radical (unpaired) electrons. The Bertz CT molecular complexity index is 268. The van der Waals surface area contributed by atoms with Gasteiger partial charge in [-0.3, -0.25) is 4.90 Å². The lowest BCUT2D eigenvalue weighted by Gasteiger charge is -2.47. The van der Waals surface area contributed by atoms with Gasteiger partial charge in [-0.15, -0.1) is 0 Å². The Hall–Kier alpha value is -0.0400. The zero-order valence-corrected chi connectivity index (χ0v) is 12.7. The van der Waals surface area contributed by atoms with Crippen molar-refractivity contribution in [3.8, 4) is 0 Å². The van der Waals surface area contributed by atoms with E-state index in [9.17, 15) is 0 Å². The van der Waals surface area contributed by atoms with E-state index in [0.29, 0.717) is 11.0 Å². The van der Waals surface area contributed by atoms with Crippen LogP contribution in [-0.2, 0) is 0 Å². The molecule has 100 valence electrons. The maximum absolute atomic E-state index is 2.87. The van der Waals surface area contributed by atoms with Gasteiger partial charge in [0.2, 0.25) is 0 Å². The molecule has 0 aromatic carbocycles. The standard InChI is InChI=1S/C16H31N/c1-15(2,3)14-11-12-9-7-8-10-13(12)17(14)16(4,5)6/h12-14H,7-11H2,1-6H3. The van der Waals surface area contributed by atoms with Gasteiger partial charge in [0, 0.05) is 17.6 Å². The van der Waals surface area contributed by atoms with Crippen molar-refractivity contribution < 1.29 is 0 Å². The number of fused-ring (bicyclic) bond motifs is 1. The minimum Gasteiger partial charge on any atom is -0.292 e. The fourth-order valence-electron chi connectivity index (χ4n) is 4.20. The maximum Gasteiger partial charge on any atom is 0.0155 e. The fourth-order valence-corrected chi connectivity index (χ4v) is 4.20. The summed E-state index contributed by atoms with van der Waals surface area (Å²) in [6.07, 6.45) is 7.27. The zero-order chi connectivity index (χ0) is 12.8. The Morgan fingerprint density at radius 2 is 1.47 bits per heavy atom. The predicted octanol–water partition coefficient (Wildman–Crippen LogP) is 4.46. The van der Waals surface area contributed by atoms with Gasteiger partial charge in [0.15, 0.2) is 0 Å². The third-order valence-corrected chi connectivity index (χ3v) is 4.86. The monoisotopic (exact) mass is 237 g/mol. The van der Waals surface area contributed by atoms with Gasteiger partial charge in [-0.25, -0.2) is 0 Å². The van der Waals surface area contributed by atoms with Crippen LogP contribution in [0.5, 0.6) is 0 Å². The smallest absolute Gasteiger partial charge is 0.0155 e. The Morgan fingerprint density at radius 3 is 2.00 bits per heavy atom. The van der Waals surface area contributed by atoms with Crippen molar-refractivity contribution in [3.63, 3.8) is 0 Å².